The maximum atomic E-state index is 6.00. The molecule has 0 aromatic heterocycles. The summed E-state index contributed by atoms with van der Waals surface area (Å²) < 4.78 is 0. The highest BCUT2D eigenvalue weighted by molar-refractivity contribution is 5.00. The zero-order chi connectivity index (χ0) is 11.4. The van der Waals surface area contributed by atoms with Crippen LogP contribution in [-0.2, 0) is 0 Å². The van der Waals surface area contributed by atoms with E-state index in [-0.39, 0.29) is 5.54 Å². The van der Waals surface area contributed by atoms with Crippen molar-refractivity contribution in [3.8, 4) is 0 Å². The van der Waals surface area contributed by atoms with Crippen LogP contribution in [0.25, 0.3) is 0 Å². The highest BCUT2D eigenvalue weighted by Gasteiger charge is 2.39. The molecule has 2 aliphatic rings. The third kappa shape index (κ3) is 2.47. The highest BCUT2D eigenvalue weighted by atomic mass is 15.2. The van der Waals surface area contributed by atoms with Gasteiger partial charge in [0.05, 0.1) is 0 Å². The first-order valence-corrected chi connectivity index (χ1v) is 6.60. The van der Waals surface area contributed by atoms with Crippen molar-refractivity contribution in [2.45, 2.75) is 43.7 Å². The summed E-state index contributed by atoms with van der Waals surface area (Å²) in [7, 11) is 0. The number of hydrogen-bond donors (Lipinski definition) is 2. The summed E-state index contributed by atoms with van der Waals surface area (Å²) in [5, 5.41) is 3.68. The van der Waals surface area contributed by atoms with Crippen molar-refractivity contribution < 1.29 is 0 Å². The first kappa shape index (κ1) is 12.1. The molecule has 2 atom stereocenters. The monoisotopic (exact) mass is 223 g/mol. The van der Waals surface area contributed by atoms with Gasteiger partial charge in [-0.1, -0.05) is 6.08 Å². The van der Waals surface area contributed by atoms with Gasteiger partial charge in [-0.05, 0) is 45.2 Å². The van der Waals surface area contributed by atoms with Crippen LogP contribution < -0.4 is 11.1 Å². The Bertz CT molecular complexity index is 241. The minimum absolute atomic E-state index is 0.203. The molecule has 2 rings (SSSR count). The van der Waals surface area contributed by atoms with E-state index in [1.54, 1.807) is 0 Å². The number of piperidine rings is 1. The molecule has 2 saturated heterocycles. The van der Waals surface area contributed by atoms with Gasteiger partial charge >= 0.3 is 0 Å². The topological polar surface area (TPSA) is 41.3 Å². The van der Waals surface area contributed by atoms with E-state index in [1.165, 1.54) is 38.8 Å². The maximum absolute atomic E-state index is 6.00. The second-order valence-corrected chi connectivity index (χ2v) is 5.27. The van der Waals surface area contributed by atoms with Crippen LogP contribution in [0.15, 0.2) is 12.7 Å². The van der Waals surface area contributed by atoms with Crippen LogP contribution in [0.4, 0.5) is 0 Å². The molecule has 0 aromatic carbocycles. The molecule has 2 aliphatic heterocycles. The molecular weight excluding hydrogens is 198 g/mol. The lowest BCUT2D eigenvalue weighted by Gasteiger charge is -2.44. The number of nitrogens with one attached hydrogen (secondary N) is 1. The normalized spacial score (nSPS) is 34.9. The van der Waals surface area contributed by atoms with Crippen LogP contribution in [0.2, 0.25) is 0 Å². The predicted molar refractivity (Wildman–Crippen MR) is 68.4 cm³/mol. The van der Waals surface area contributed by atoms with Crippen molar-refractivity contribution in [1.29, 1.82) is 0 Å². The van der Waals surface area contributed by atoms with Crippen molar-refractivity contribution >= 4 is 0 Å². The molecule has 0 aromatic rings. The third-order valence-corrected chi connectivity index (χ3v) is 4.24. The number of fused-ring (bicyclic) bond motifs is 1. The van der Waals surface area contributed by atoms with Gasteiger partial charge in [-0.2, -0.15) is 0 Å². The predicted octanol–water partition coefficient (Wildman–Crippen LogP) is 1.11. The lowest BCUT2D eigenvalue weighted by Crippen LogP contribution is -2.59. The highest BCUT2D eigenvalue weighted by Crippen LogP contribution is 2.32. The lowest BCUT2D eigenvalue weighted by atomic mass is 9.83. The minimum Gasteiger partial charge on any atom is -0.329 e. The number of nitrogens with zero attached hydrogens (tertiary/aromatic N) is 1. The summed E-state index contributed by atoms with van der Waals surface area (Å²) in [5.41, 5.74) is 6.20. The Morgan fingerprint density at radius 1 is 1.50 bits per heavy atom. The summed E-state index contributed by atoms with van der Waals surface area (Å²) in [4.78, 5) is 2.64. The largest absolute Gasteiger partial charge is 0.329 e. The molecular formula is C13H25N3. The van der Waals surface area contributed by atoms with E-state index in [1.807, 2.05) is 6.08 Å². The van der Waals surface area contributed by atoms with E-state index in [0.29, 0.717) is 0 Å². The second kappa shape index (κ2) is 5.30. The minimum atomic E-state index is 0.203. The smallest absolute Gasteiger partial charge is 0.0331 e. The van der Waals surface area contributed by atoms with Gasteiger partial charge < -0.3 is 16.0 Å². The van der Waals surface area contributed by atoms with Crippen molar-refractivity contribution in [2.75, 3.05) is 26.2 Å². The molecule has 2 heterocycles. The van der Waals surface area contributed by atoms with Gasteiger partial charge in [-0.15, -0.1) is 6.58 Å². The third-order valence-electron chi connectivity index (χ3n) is 4.24. The average Bonchev–Trinajstić information content (AvgIpc) is 2.76. The summed E-state index contributed by atoms with van der Waals surface area (Å²) in [6.07, 6.45) is 8.19. The number of nitrogens with two attached hydrogens (primary N) is 1. The van der Waals surface area contributed by atoms with Gasteiger partial charge in [0.1, 0.15) is 0 Å². The van der Waals surface area contributed by atoms with Gasteiger partial charge in [0.15, 0.2) is 0 Å². The van der Waals surface area contributed by atoms with Crippen LogP contribution >= 0.6 is 0 Å². The fraction of sp³-hybridized carbons (Fsp3) is 0.846. The number of rotatable bonds is 5. The zero-order valence-corrected chi connectivity index (χ0v) is 10.3. The summed E-state index contributed by atoms with van der Waals surface area (Å²) >= 11 is 0. The summed E-state index contributed by atoms with van der Waals surface area (Å²) in [5.74, 6) is 0. The molecule has 3 N–H and O–H groups in total. The van der Waals surface area contributed by atoms with Crippen molar-refractivity contribution in [2.24, 2.45) is 5.73 Å². The van der Waals surface area contributed by atoms with Gasteiger partial charge in [0.25, 0.3) is 0 Å². The molecule has 0 radical (unpaired) electrons. The molecule has 0 amide bonds. The standard InChI is InChI=1S/C13H25N3/c1-2-3-7-15-13(11-14)6-9-16-8-4-5-12(16)10-13/h2,12,15H,1,3-11,14H2. The Hall–Kier alpha value is -0.380. The molecule has 3 nitrogen and oxygen atoms in total. The van der Waals surface area contributed by atoms with E-state index in [0.717, 1.165) is 25.6 Å². The van der Waals surface area contributed by atoms with Gasteiger partial charge in [-0.25, -0.2) is 0 Å². The Morgan fingerprint density at radius 2 is 2.38 bits per heavy atom. The van der Waals surface area contributed by atoms with Crippen LogP contribution in [0, 0.1) is 0 Å². The average molecular weight is 223 g/mol. The van der Waals surface area contributed by atoms with Gasteiger partial charge in [0.2, 0.25) is 0 Å². The molecule has 3 heteroatoms. The SMILES string of the molecule is C=CCCNC1(CN)CCN2CCCC2C1. The van der Waals surface area contributed by atoms with Crippen LogP contribution in [0.3, 0.4) is 0 Å². The Labute approximate surface area is 99.1 Å². The molecule has 0 aliphatic carbocycles. The number of hydrogen-bond acceptors (Lipinski definition) is 3. The van der Waals surface area contributed by atoms with E-state index in [2.05, 4.69) is 16.8 Å². The first-order valence-electron chi connectivity index (χ1n) is 6.60. The van der Waals surface area contributed by atoms with Crippen molar-refractivity contribution in [1.82, 2.24) is 10.2 Å². The second-order valence-electron chi connectivity index (χ2n) is 5.27. The van der Waals surface area contributed by atoms with E-state index < -0.39 is 0 Å². The van der Waals surface area contributed by atoms with Gasteiger partial charge in [0, 0.05) is 24.7 Å². The van der Waals surface area contributed by atoms with Crippen molar-refractivity contribution in [3.05, 3.63) is 12.7 Å². The van der Waals surface area contributed by atoms with Crippen LogP contribution in [-0.4, -0.2) is 42.7 Å². The molecule has 92 valence electrons. The fourth-order valence-electron chi connectivity index (χ4n) is 3.19. The quantitative estimate of drug-likeness (QED) is 0.542. The lowest BCUT2D eigenvalue weighted by molar-refractivity contribution is 0.111. The molecule has 2 fully saturated rings. The molecule has 0 spiro atoms. The van der Waals surface area contributed by atoms with E-state index >= 15 is 0 Å². The zero-order valence-electron chi connectivity index (χ0n) is 10.3. The Balaban J connectivity index is 1.91. The molecule has 0 bridgehead atoms. The Morgan fingerprint density at radius 3 is 3.12 bits per heavy atom. The summed E-state index contributed by atoms with van der Waals surface area (Å²) in [6.45, 7) is 8.09. The van der Waals surface area contributed by atoms with Crippen LogP contribution in [0.1, 0.15) is 32.1 Å². The fourth-order valence-corrected chi connectivity index (χ4v) is 3.19. The maximum Gasteiger partial charge on any atom is 0.0331 e. The molecule has 2 unspecified atom stereocenters. The van der Waals surface area contributed by atoms with E-state index in [9.17, 15) is 0 Å². The van der Waals surface area contributed by atoms with Crippen molar-refractivity contribution in [3.63, 3.8) is 0 Å². The first-order chi connectivity index (χ1) is 7.79. The van der Waals surface area contributed by atoms with Gasteiger partial charge in [-0.3, -0.25) is 0 Å². The summed E-state index contributed by atoms with van der Waals surface area (Å²) in [6, 6.07) is 0.786. The van der Waals surface area contributed by atoms with Crippen LogP contribution in [0.5, 0.6) is 0 Å². The Kier molecular flexibility index (Phi) is 4.00. The molecule has 16 heavy (non-hydrogen) atoms. The van der Waals surface area contributed by atoms with E-state index in [4.69, 9.17) is 5.73 Å². The molecule has 0 saturated carbocycles.